The molecule has 1 saturated heterocycles. The van der Waals surface area contributed by atoms with Gasteiger partial charge in [-0.05, 0) is 50.6 Å². The normalized spacial score (nSPS) is 37.6. The monoisotopic (exact) mass is 210 g/mol. The highest BCUT2D eigenvalue weighted by molar-refractivity contribution is 4.89. The van der Waals surface area contributed by atoms with Gasteiger partial charge in [0.25, 0.3) is 0 Å². The first-order valence-corrected chi connectivity index (χ1v) is 6.79. The first-order valence-electron chi connectivity index (χ1n) is 6.79. The lowest BCUT2D eigenvalue weighted by Crippen LogP contribution is -2.38. The first kappa shape index (κ1) is 11.4. The van der Waals surface area contributed by atoms with Crippen LogP contribution in [0.1, 0.15) is 45.4 Å². The molecule has 3 atom stereocenters. The van der Waals surface area contributed by atoms with Crippen molar-refractivity contribution in [1.29, 1.82) is 0 Å². The summed E-state index contributed by atoms with van der Waals surface area (Å²) < 4.78 is 0. The molecule has 2 rings (SSSR count). The van der Waals surface area contributed by atoms with E-state index >= 15 is 0 Å². The van der Waals surface area contributed by atoms with Gasteiger partial charge in [-0.1, -0.05) is 19.8 Å². The fourth-order valence-corrected chi connectivity index (χ4v) is 3.58. The molecule has 0 bridgehead atoms. The van der Waals surface area contributed by atoms with Gasteiger partial charge < -0.3 is 5.73 Å². The molecular weight excluding hydrogens is 184 g/mol. The van der Waals surface area contributed by atoms with Gasteiger partial charge in [0, 0.05) is 12.6 Å². The number of nitrogens with two attached hydrogens (primary N) is 1. The molecular formula is C13H26N2. The van der Waals surface area contributed by atoms with Crippen LogP contribution in [-0.2, 0) is 0 Å². The molecule has 88 valence electrons. The molecule has 2 nitrogen and oxygen atoms in total. The Morgan fingerprint density at radius 1 is 1.27 bits per heavy atom. The van der Waals surface area contributed by atoms with Crippen LogP contribution >= 0.6 is 0 Å². The Morgan fingerprint density at radius 3 is 2.87 bits per heavy atom. The van der Waals surface area contributed by atoms with Crippen LogP contribution in [0.2, 0.25) is 0 Å². The molecule has 2 N–H and O–H groups in total. The average Bonchev–Trinajstić information content (AvgIpc) is 2.84. The predicted molar refractivity (Wildman–Crippen MR) is 64.8 cm³/mol. The Kier molecular flexibility index (Phi) is 4.04. The molecule has 0 spiro atoms. The van der Waals surface area contributed by atoms with Crippen molar-refractivity contribution in [3.63, 3.8) is 0 Å². The number of rotatable bonds is 4. The highest BCUT2D eigenvalue weighted by atomic mass is 15.2. The number of nitrogens with zero attached hydrogens (tertiary/aromatic N) is 1. The second-order valence-electron chi connectivity index (χ2n) is 5.43. The van der Waals surface area contributed by atoms with Crippen LogP contribution in [0.5, 0.6) is 0 Å². The van der Waals surface area contributed by atoms with Crippen LogP contribution in [-0.4, -0.2) is 30.6 Å². The van der Waals surface area contributed by atoms with Crippen LogP contribution in [0.25, 0.3) is 0 Å². The van der Waals surface area contributed by atoms with Gasteiger partial charge in [-0.2, -0.15) is 0 Å². The smallest absolute Gasteiger partial charge is 0.0136 e. The molecule has 1 saturated carbocycles. The van der Waals surface area contributed by atoms with Crippen LogP contribution in [0.4, 0.5) is 0 Å². The van der Waals surface area contributed by atoms with Gasteiger partial charge in [0.2, 0.25) is 0 Å². The standard InChI is InChI=1S/C13H26N2/c1-2-4-11-7-8-15(10-11)13-6-3-5-12(13)9-14/h11-13H,2-10,14H2,1H3. The van der Waals surface area contributed by atoms with Crippen molar-refractivity contribution in [2.45, 2.75) is 51.5 Å². The molecule has 1 heterocycles. The van der Waals surface area contributed by atoms with Gasteiger partial charge in [-0.25, -0.2) is 0 Å². The van der Waals surface area contributed by atoms with Gasteiger partial charge in [0.15, 0.2) is 0 Å². The maximum atomic E-state index is 5.86. The lowest BCUT2D eigenvalue weighted by atomic mass is 10.0. The summed E-state index contributed by atoms with van der Waals surface area (Å²) in [5, 5.41) is 0. The van der Waals surface area contributed by atoms with Crippen molar-refractivity contribution >= 4 is 0 Å². The molecule has 2 heteroatoms. The predicted octanol–water partition coefficient (Wildman–Crippen LogP) is 2.24. The summed E-state index contributed by atoms with van der Waals surface area (Å²) in [7, 11) is 0. The maximum Gasteiger partial charge on any atom is 0.0136 e. The summed E-state index contributed by atoms with van der Waals surface area (Å²) in [5.41, 5.74) is 5.86. The van der Waals surface area contributed by atoms with E-state index in [0.29, 0.717) is 0 Å². The van der Waals surface area contributed by atoms with E-state index in [2.05, 4.69) is 11.8 Å². The molecule has 0 amide bonds. The molecule has 1 aliphatic carbocycles. The van der Waals surface area contributed by atoms with Crippen molar-refractivity contribution < 1.29 is 0 Å². The fourth-order valence-electron chi connectivity index (χ4n) is 3.58. The molecule has 15 heavy (non-hydrogen) atoms. The Bertz CT molecular complexity index is 193. The third-order valence-corrected chi connectivity index (χ3v) is 4.40. The minimum absolute atomic E-state index is 0.797. The van der Waals surface area contributed by atoms with Crippen molar-refractivity contribution in [3.8, 4) is 0 Å². The van der Waals surface area contributed by atoms with E-state index in [1.54, 1.807) is 0 Å². The van der Waals surface area contributed by atoms with Crippen molar-refractivity contribution in [2.75, 3.05) is 19.6 Å². The molecule has 2 fully saturated rings. The van der Waals surface area contributed by atoms with Crippen LogP contribution in [0, 0.1) is 11.8 Å². The topological polar surface area (TPSA) is 29.3 Å². The molecule has 0 aromatic heterocycles. The van der Waals surface area contributed by atoms with Crippen molar-refractivity contribution in [3.05, 3.63) is 0 Å². The summed E-state index contributed by atoms with van der Waals surface area (Å²) in [6.45, 7) is 5.90. The summed E-state index contributed by atoms with van der Waals surface area (Å²) in [4.78, 5) is 2.74. The molecule has 1 aliphatic heterocycles. The molecule has 3 unspecified atom stereocenters. The Balaban J connectivity index is 1.84. The minimum Gasteiger partial charge on any atom is -0.330 e. The van der Waals surface area contributed by atoms with E-state index in [4.69, 9.17) is 5.73 Å². The quantitative estimate of drug-likeness (QED) is 0.771. The van der Waals surface area contributed by atoms with Crippen molar-refractivity contribution in [2.24, 2.45) is 17.6 Å². The third kappa shape index (κ3) is 2.54. The Labute approximate surface area is 94.2 Å². The van der Waals surface area contributed by atoms with E-state index in [-0.39, 0.29) is 0 Å². The van der Waals surface area contributed by atoms with Gasteiger partial charge in [0.1, 0.15) is 0 Å². The summed E-state index contributed by atoms with van der Waals surface area (Å²) in [5.74, 6) is 1.78. The van der Waals surface area contributed by atoms with Crippen LogP contribution < -0.4 is 5.73 Å². The molecule has 0 aromatic rings. The largest absolute Gasteiger partial charge is 0.330 e. The lowest BCUT2D eigenvalue weighted by molar-refractivity contribution is 0.192. The zero-order chi connectivity index (χ0) is 10.7. The zero-order valence-electron chi connectivity index (χ0n) is 10.1. The average molecular weight is 210 g/mol. The van der Waals surface area contributed by atoms with Crippen LogP contribution in [0.15, 0.2) is 0 Å². The molecule has 0 aromatic carbocycles. The van der Waals surface area contributed by atoms with Gasteiger partial charge in [0.05, 0.1) is 0 Å². The summed E-state index contributed by atoms with van der Waals surface area (Å²) >= 11 is 0. The lowest BCUT2D eigenvalue weighted by Gasteiger charge is -2.28. The second-order valence-corrected chi connectivity index (χ2v) is 5.43. The molecule has 0 radical (unpaired) electrons. The Hall–Kier alpha value is -0.0800. The van der Waals surface area contributed by atoms with Crippen LogP contribution in [0.3, 0.4) is 0 Å². The third-order valence-electron chi connectivity index (χ3n) is 4.40. The highest BCUT2D eigenvalue weighted by Crippen LogP contribution is 2.33. The highest BCUT2D eigenvalue weighted by Gasteiger charge is 2.34. The SMILES string of the molecule is CCCC1CCN(C2CCCC2CN)C1. The van der Waals surface area contributed by atoms with E-state index in [1.165, 1.54) is 51.6 Å². The fraction of sp³-hybridized carbons (Fsp3) is 1.00. The zero-order valence-corrected chi connectivity index (χ0v) is 10.1. The number of hydrogen-bond acceptors (Lipinski definition) is 2. The minimum atomic E-state index is 0.797. The van der Waals surface area contributed by atoms with Gasteiger partial charge in [-0.3, -0.25) is 4.90 Å². The summed E-state index contributed by atoms with van der Waals surface area (Å²) in [6.07, 6.45) is 8.39. The number of likely N-dealkylation sites (tertiary alicyclic amines) is 1. The number of hydrogen-bond donors (Lipinski definition) is 1. The summed E-state index contributed by atoms with van der Waals surface area (Å²) in [6, 6.07) is 0.830. The van der Waals surface area contributed by atoms with E-state index < -0.39 is 0 Å². The van der Waals surface area contributed by atoms with E-state index in [9.17, 15) is 0 Å². The van der Waals surface area contributed by atoms with E-state index in [1.807, 2.05) is 0 Å². The molecule has 2 aliphatic rings. The maximum absolute atomic E-state index is 5.86. The van der Waals surface area contributed by atoms with E-state index in [0.717, 1.165) is 24.4 Å². The first-order chi connectivity index (χ1) is 7.35. The second kappa shape index (κ2) is 5.31. The Morgan fingerprint density at radius 2 is 2.13 bits per heavy atom. The van der Waals surface area contributed by atoms with Crippen molar-refractivity contribution in [1.82, 2.24) is 4.90 Å². The van der Waals surface area contributed by atoms with Gasteiger partial charge >= 0.3 is 0 Å². The van der Waals surface area contributed by atoms with Gasteiger partial charge in [-0.15, -0.1) is 0 Å².